The number of benzene rings is 3. The van der Waals surface area contributed by atoms with Gasteiger partial charge in [0.05, 0.1) is 7.11 Å². The van der Waals surface area contributed by atoms with Crippen LogP contribution in [0.4, 0.5) is 5.69 Å². The molecule has 3 rings (SSSR count). The van der Waals surface area contributed by atoms with Crippen LogP contribution in [0.1, 0.15) is 21.5 Å². The number of methoxy groups -OCH3 is 1. The second kappa shape index (κ2) is 9.00. The lowest BCUT2D eigenvalue weighted by atomic mass is 10.1. The standard InChI is InChI=1S/C22H19Cl2NO3/c1-14-6-8-18(12-20(14)24)25-22(26)15-7-9-21(27-2)16(10-15)13-28-19-5-3-4-17(23)11-19/h3-12H,13H2,1-2H3,(H,25,26). The Morgan fingerprint density at radius 1 is 1.04 bits per heavy atom. The highest BCUT2D eigenvalue weighted by molar-refractivity contribution is 6.31. The average molecular weight is 416 g/mol. The van der Waals surface area contributed by atoms with Crippen LogP contribution in [0.2, 0.25) is 10.0 Å². The summed E-state index contributed by atoms with van der Waals surface area (Å²) in [6.07, 6.45) is 0. The van der Waals surface area contributed by atoms with Gasteiger partial charge in [0.1, 0.15) is 18.1 Å². The summed E-state index contributed by atoms with van der Waals surface area (Å²) in [4.78, 5) is 12.6. The molecule has 28 heavy (non-hydrogen) atoms. The lowest BCUT2D eigenvalue weighted by Gasteiger charge is -2.13. The van der Waals surface area contributed by atoms with Crippen LogP contribution in [-0.4, -0.2) is 13.0 Å². The predicted molar refractivity (Wildman–Crippen MR) is 113 cm³/mol. The van der Waals surface area contributed by atoms with Crippen LogP contribution in [0, 0.1) is 6.92 Å². The van der Waals surface area contributed by atoms with E-state index >= 15 is 0 Å². The molecule has 3 aromatic carbocycles. The summed E-state index contributed by atoms with van der Waals surface area (Å²) in [6, 6.07) is 17.7. The molecule has 0 aromatic heterocycles. The van der Waals surface area contributed by atoms with Crippen LogP contribution in [0.5, 0.6) is 11.5 Å². The molecule has 0 saturated heterocycles. The number of carbonyl (C=O) groups is 1. The quantitative estimate of drug-likeness (QED) is 0.525. The number of anilines is 1. The van der Waals surface area contributed by atoms with Gasteiger partial charge in [-0.1, -0.05) is 35.3 Å². The molecule has 0 unspecified atom stereocenters. The molecule has 0 aliphatic rings. The highest BCUT2D eigenvalue weighted by Crippen LogP contribution is 2.25. The number of hydrogen-bond donors (Lipinski definition) is 1. The van der Waals surface area contributed by atoms with Gasteiger partial charge >= 0.3 is 0 Å². The first-order chi connectivity index (χ1) is 13.5. The molecular weight excluding hydrogens is 397 g/mol. The average Bonchev–Trinajstić information content (AvgIpc) is 2.69. The Labute approximate surface area is 174 Å². The summed E-state index contributed by atoms with van der Waals surface area (Å²) in [6.45, 7) is 2.14. The first-order valence-electron chi connectivity index (χ1n) is 8.59. The first-order valence-corrected chi connectivity index (χ1v) is 9.34. The number of aryl methyl sites for hydroxylation is 1. The fourth-order valence-corrected chi connectivity index (χ4v) is 2.99. The third-order valence-corrected chi connectivity index (χ3v) is 4.81. The van der Waals surface area contributed by atoms with Crippen molar-refractivity contribution in [2.24, 2.45) is 0 Å². The maximum Gasteiger partial charge on any atom is 0.255 e. The number of rotatable bonds is 6. The molecule has 0 spiro atoms. The van der Waals surface area contributed by atoms with Gasteiger partial charge in [-0.25, -0.2) is 0 Å². The Bertz CT molecular complexity index is 1000. The van der Waals surface area contributed by atoms with E-state index in [1.807, 2.05) is 31.2 Å². The van der Waals surface area contributed by atoms with Gasteiger partial charge in [0, 0.05) is 26.9 Å². The Kier molecular flexibility index (Phi) is 6.45. The van der Waals surface area contributed by atoms with Gasteiger partial charge in [-0.05, 0) is 61.0 Å². The molecule has 4 nitrogen and oxygen atoms in total. The van der Waals surface area contributed by atoms with E-state index in [1.165, 1.54) is 0 Å². The number of nitrogens with one attached hydrogen (secondary N) is 1. The second-order valence-electron chi connectivity index (χ2n) is 6.19. The van der Waals surface area contributed by atoms with E-state index in [0.29, 0.717) is 32.8 Å². The molecule has 0 fully saturated rings. The second-order valence-corrected chi connectivity index (χ2v) is 7.03. The summed E-state index contributed by atoms with van der Waals surface area (Å²) in [5.41, 5.74) is 2.82. The van der Waals surface area contributed by atoms with Gasteiger partial charge in [-0.2, -0.15) is 0 Å². The molecule has 0 bridgehead atoms. The van der Waals surface area contributed by atoms with Crippen LogP contribution < -0.4 is 14.8 Å². The van der Waals surface area contributed by atoms with Gasteiger partial charge in [0.15, 0.2) is 0 Å². The fraction of sp³-hybridized carbons (Fsp3) is 0.136. The van der Waals surface area contributed by atoms with Gasteiger partial charge in [0.25, 0.3) is 5.91 Å². The third-order valence-electron chi connectivity index (χ3n) is 4.16. The Balaban J connectivity index is 1.77. The zero-order chi connectivity index (χ0) is 20.1. The van der Waals surface area contributed by atoms with E-state index < -0.39 is 0 Å². The van der Waals surface area contributed by atoms with Crippen molar-refractivity contribution in [3.63, 3.8) is 0 Å². The van der Waals surface area contributed by atoms with Crippen molar-refractivity contribution >= 4 is 34.8 Å². The van der Waals surface area contributed by atoms with Crippen LogP contribution >= 0.6 is 23.2 Å². The first kappa shape index (κ1) is 20.1. The predicted octanol–water partition coefficient (Wildman–Crippen LogP) is 6.14. The van der Waals surface area contributed by atoms with Crippen molar-refractivity contribution in [2.75, 3.05) is 12.4 Å². The van der Waals surface area contributed by atoms with Crippen molar-refractivity contribution < 1.29 is 14.3 Å². The van der Waals surface area contributed by atoms with Crippen LogP contribution in [0.3, 0.4) is 0 Å². The summed E-state index contributed by atoms with van der Waals surface area (Å²) in [7, 11) is 1.58. The van der Waals surface area contributed by atoms with Gasteiger partial charge in [-0.15, -0.1) is 0 Å². The van der Waals surface area contributed by atoms with Crippen molar-refractivity contribution in [1.29, 1.82) is 0 Å². The monoisotopic (exact) mass is 415 g/mol. The van der Waals surface area contributed by atoms with E-state index in [9.17, 15) is 4.79 Å². The molecule has 6 heteroatoms. The van der Waals surface area contributed by atoms with E-state index in [-0.39, 0.29) is 12.5 Å². The number of hydrogen-bond acceptors (Lipinski definition) is 3. The molecule has 144 valence electrons. The Morgan fingerprint density at radius 2 is 1.86 bits per heavy atom. The molecule has 0 aliphatic heterocycles. The molecule has 1 amide bonds. The molecule has 0 heterocycles. The van der Waals surface area contributed by atoms with Crippen molar-refractivity contribution in [1.82, 2.24) is 0 Å². The van der Waals surface area contributed by atoms with Crippen molar-refractivity contribution in [3.05, 3.63) is 87.4 Å². The van der Waals surface area contributed by atoms with E-state index in [2.05, 4.69) is 5.32 Å². The van der Waals surface area contributed by atoms with Crippen molar-refractivity contribution in [2.45, 2.75) is 13.5 Å². The zero-order valence-corrected chi connectivity index (χ0v) is 17.0. The zero-order valence-electron chi connectivity index (χ0n) is 15.5. The minimum absolute atomic E-state index is 0.237. The number of ether oxygens (including phenoxy) is 2. The highest BCUT2D eigenvalue weighted by atomic mass is 35.5. The number of amides is 1. The molecule has 1 N–H and O–H groups in total. The number of halogens is 2. The van der Waals surface area contributed by atoms with Crippen molar-refractivity contribution in [3.8, 4) is 11.5 Å². The maximum atomic E-state index is 12.6. The van der Waals surface area contributed by atoms with E-state index in [1.54, 1.807) is 43.5 Å². The largest absolute Gasteiger partial charge is 0.496 e. The number of carbonyl (C=O) groups excluding carboxylic acids is 1. The topological polar surface area (TPSA) is 47.6 Å². The third kappa shape index (κ3) is 4.97. The van der Waals surface area contributed by atoms with Crippen LogP contribution in [0.15, 0.2) is 60.7 Å². The van der Waals surface area contributed by atoms with Gasteiger partial charge < -0.3 is 14.8 Å². The summed E-state index contributed by atoms with van der Waals surface area (Å²) < 4.78 is 11.2. The molecular formula is C22H19Cl2NO3. The lowest BCUT2D eigenvalue weighted by molar-refractivity contribution is 0.102. The fourth-order valence-electron chi connectivity index (χ4n) is 2.62. The minimum Gasteiger partial charge on any atom is -0.496 e. The summed E-state index contributed by atoms with van der Waals surface area (Å²) in [5.74, 6) is 1.03. The smallest absolute Gasteiger partial charge is 0.255 e. The van der Waals surface area contributed by atoms with E-state index in [4.69, 9.17) is 32.7 Å². The van der Waals surface area contributed by atoms with Gasteiger partial charge in [-0.3, -0.25) is 4.79 Å². The molecule has 3 aromatic rings. The van der Waals surface area contributed by atoms with Crippen LogP contribution in [-0.2, 0) is 6.61 Å². The molecule has 0 aliphatic carbocycles. The lowest BCUT2D eigenvalue weighted by Crippen LogP contribution is -2.13. The normalized spacial score (nSPS) is 10.4. The summed E-state index contributed by atoms with van der Waals surface area (Å²) >= 11 is 12.1. The summed E-state index contributed by atoms with van der Waals surface area (Å²) in [5, 5.41) is 4.04. The minimum atomic E-state index is -0.244. The SMILES string of the molecule is COc1ccc(C(=O)Nc2ccc(C)c(Cl)c2)cc1COc1cccc(Cl)c1. The van der Waals surface area contributed by atoms with Crippen LogP contribution in [0.25, 0.3) is 0 Å². The molecule has 0 radical (unpaired) electrons. The Hall–Kier alpha value is -2.69. The highest BCUT2D eigenvalue weighted by Gasteiger charge is 2.12. The Morgan fingerprint density at radius 3 is 2.57 bits per heavy atom. The molecule has 0 atom stereocenters. The van der Waals surface area contributed by atoms with Gasteiger partial charge in [0.2, 0.25) is 0 Å². The van der Waals surface area contributed by atoms with E-state index in [0.717, 1.165) is 11.1 Å². The maximum absolute atomic E-state index is 12.6. The molecule has 0 saturated carbocycles.